The molecule has 0 saturated heterocycles. The van der Waals surface area contributed by atoms with Crippen molar-refractivity contribution >= 4 is 16.3 Å². The molecule has 0 aliphatic rings. The molecule has 0 bridgehead atoms. The SMILES string of the molecule is CC(C)(C)c1nn2c(C#N)c(-c3ccccc3)nc2s1. The van der Waals surface area contributed by atoms with Gasteiger partial charge in [0.2, 0.25) is 4.96 Å². The standard InChI is InChI=1S/C15H14N4S/c1-15(2,3)13-18-19-11(9-16)12(17-14(19)20-13)10-7-5-4-6-8-10/h4-8H,1-3H3. The number of fused-ring (bicyclic) bond motifs is 1. The molecule has 0 saturated carbocycles. The van der Waals surface area contributed by atoms with E-state index in [2.05, 4.69) is 36.9 Å². The monoisotopic (exact) mass is 282 g/mol. The molecule has 5 heteroatoms. The van der Waals surface area contributed by atoms with E-state index in [0.29, 0.717) is 11.4 Å². The third kappa shape index (κ3) is 1.98. The van der Waals surface area contributed by atoms with Crippen LogP contribution in [0.4, 0.5) is 0 Å². The van der Waals surface area contributed by atoms with Gasteiger partial charge in [0.1, 0.15) is 16.8 Å². The third-order valence-corrected chi connectivity index (χ3v) is 4.33. The lowest BCUT2D eigenvalue weighted by molar-refractivity contribution is 0.573. The first-order valence-corrected chi connectivity index (χ1v) is 7.18. The fraction of sp³-hybridized carbons (Fsp3) is 0.267. The molecule has 0 fully saturated rings. The predicted molar refractivity (Wildman–Crippen MR) is 79.7 cm³/mol. The van der Waals surface area contributed by atoms with E-state index in [9.17, 15) is 5.26 Å². The molecule has 20 heavy (non-hydrogen) atoms. The zero-order valence-corrected chi connectivity index (χ0v) is 12.4. The van der Waals surface area contributed by atoms with Crippen LogP contribution in [0.25, 0.3) is 16.2 Å². The molecule has 1 aromatic carbocycles. The van der Waals surface area contributed by atoms with E-state index in [1.807, 2.05) is 30.3 Å². The average molecular weight is 282 g/mol. The largest absolute Gasteiger partial charge is 0.216 e. The number of imidazole rings is 1. The van der Waals surface area contributed by atoms with Gasteiger partial charge in [-0.2, -0.15) is 14.9 Å². The van der Waals surface area contributed by atoms with E-state index in [1.54, 1.807) is 4.52 Å². The summed E-state index contributed by atoms with van der Waals surface area (Å²) in [6.07, 6.45) is 0. The van der Waals surface area contributed by atoms with Gasteiger partial charge in [-0.1, -0.05) is 62.4 Å². The Morgan fingerprint density at radius 2 is 1.90 bits per heavy atom. The van der Waals surface area contributed by atoms with Crippen molar-refractivity contribution in [3.63, 3.8) is 0 Å². The Morgan fingerprint density at radius 1 is 1.20 bits per heavy atom. The third-order valence-electron chi connectivity index (χ3n) is 3.00. The summed E-state index contributed by atoms with van der Waals surface area (Å²) in [5, 5.41) is 15.0. The van der Waals surface area contributed by atoms with E-state index < -0.39 is 0 Å². The highest BCUT2D eigenvalue weighted by Gasteiger charge is 2.23. The van der Waals surface area contributed by atoms with Crippen LogP contribution in [-0.2, 0) is 5.41 Å². The fourth-order valence-electron chi connectivity index (χ4n) is 1.95. The Hall–Kier alpha value is -2.19. The molecule has 0 spiro atoms. The van der Waals surface area contributed by atoms with Gasteiger partial charge in [-0.25, -0.2) is 4.98 Å². The highest BCUT2D eigenvalue weighted by Crippen LogP contribution is 2.31. The van der Waals surface area contributed by atoms with Crippen molar-refractivity contribution in [1.82, 2.24) is 14.6 Å². The van der Waals surface area contributed by atoms with Crippen molar-refractivity contribution in [1.29, 1.82) is 5.26 Å². The van der Waals surface area contributed by atoms with Crippen LogP contribution in [0.1, 0.15) is 31.5 Å². The number of hydrogen-bond acceptors (Lipinski definition) is 4. The summed E-state index contributed by atoms with van der Waals surface area (Å²) in [7, 11) is 0. The predicted octanol–water partition coefficient (Wildman–Crippen LogP) is 3.63. The summed E-state index contributed by atoms with van der Waals surface area (Å²) in [5.74, 6) is 0. The van der Waals surface area contributed by atoms with Crippen molar-refractivity contribution in [2.45, 2.75) is 26.2 Å². The van der Waals surface area contributed by atoms with Crippen molar-refractivity contribution in [2.24, 2.45) is 0 Å². The Morgan fingerprint density at radius 3 is 2.50 bits per heavy atom. The molecule has 0 radical (unpaired) electrons. The number of benzene rings is 1. The van der Waals surface area contributed by atoms with Gasteiger partial charge in [0.15, 0.2) is 5.69 Å². The normalized spacial score (nSPS) is 11.7. The number of hydrogen-bond donors (Lipinski definition) is 0. The molecule has 0 unspecified atom stereocenters. The summed E-state index contributed by atoms with van der Waals surface area (Å²) in [4.78, 5) is 5.35. The molecule has 0 aliphatic heterocycles. The molecular weight excluding hydrogens is 268 g/mol. The van der Waals surface area contributed by atoms with Crippen LogP contribution in [-0.4, -0.2) is 14.6 Å². The highest BCUT2D eigenvalue weighted by molar-refractivity contribution is 7.16. The first-order chi connectivity index (χ1) is 9.50. The van der Waals surface area contributed by atoms with E-state index in [0.717, 1.165) is 15.5 Å². The molecule has 4 nitrogen and oxygen atoms in total. The minimum Gasteiger partial charge on any atom is -0.216 e. The Bertz CT molecular complexity index is 800. The molecule has 2 aromatic heterocycles. The molecule has 100 valence electrons. The number of rotatable bonds is 1. The van der Waals surface area contributed by atoms with Gasteiger partial charge >= 0.3 is 0 Å². The van der Waals surface area contributed by atoms with E-state index >= 15 is 0 Å². The zero-order chi connectivity index (χ0) is 14.3. The second-order valence-electron chi connectivity index (χ2n) is 5.64. The first-order valence-electron chi connectivity index (χ1n) is 6.36. The van der Waals surface area contributed by atoms with Crippen molar-refractivity contribution in [3.8, 4) is 17.3 Å². The fourth-order valence-corrected chi connectivity index (χ4v) is 2.91. The van der Waals surface area contributed by atoms with E-state index in [-0.39, 0.29) is 5.41 Å². The summed E-state index contributed by atoms with van der Waals surface area (Å²) in [6, 6.07) is 12.0. The highest BCUT2D eigenvalue weighted by atomic mass is 32.1. The summed E-state index contributed by atoms with van der Waals surface area (Å²) in [5.41, 5.74) is 2.11. The summed E-state index contributed by atoms with van der Waals surface area (Å²) >= 11 is 1.54. The molecule has 2 heterocycles. The van der Waals surface area contributed by atoms with Gasteiger partial charge in [-0.3, -0.25) is 0 Å². The second kappa shape index (κ2) is 4.43. The molecular formula is C15H14N4S. The van der Waals surface area contributed by atoms with Crippen LogP contribution < -0.4 is 0 Å². The maximum absolute atomic E-state index is 9.43. The maximum Gasteiger partial charge on any atom is 0.214 e. The quantitative estimate of drug-likeness (QED) is 0.685. The van der Waals surface area contributed by atoms with Gasteiger partial charge in [0, 0.05) is 11.0 Å². The first kappa shape index (κ1) is 12.8. The molecule has 3 aromatic rings. The number of nitriles is 1. The molecule has 0 amide bonds. The van der Waals surface area contributed by atoms with Crippen molar-refractivity contribution in [2.75, 3.05) is 0 Å². The topological polar surface area (TPSA) is 54.0 Å². The lowest BCUT2D eigenvalue weighted by Gasteiger charge is -2.12. The number of nitrogens with zero attached hydrogens (tertiary/aromatic N) is 4. The average Bonchev–Trinajstić information content (AvgIpc) is 2.96. The molecule has 0 aliphatic carbocycles. The van der Waals surface area contributed by atoms with Gasteiger partial charge in [0.25, 0.3) is 0 Å². The Balaban J connectivity index is 2.23. The van der Waals surface area contributed by atoms with E-state index in [1.165, 1.54) is 11.3 Å². The summed E-state index contributed by atoms with van der Waals surface area (Å²) < 4.78 is 1.66. The summed E-state index contributed by atoms with van der Waals surface area (Å²) in [6.45, 7) is 6.32. The second-order valence-corrected chi connectivity index (χ2v) is 6.59. The maximum atomic E-state index is 9.43. The van der Waals surface area contributed by atoms with Crippen LogP contribution >= 0.6 is 11.3 Å². The lowest BCUT2D eigenvalue weighted by Crippen LogP contribution is -2.11. The minimum atomic E-state index is -0.0367. The molecule has 3 rings (SSSR count). The smallest absolute Gasteiger partial charge is 0.214 e. The van der Waals surface area contributed by atoms with Gasteiger partial charge in [0.05, 0.1) is 0 Å². The van der Waals surface area contributed by atoms with Crippen LogP contribution in [0.3, 0.4) is 0 Å². The van der Waals surface area contributed by atoms with E-state index in [4.69, 9.17) is 0 Å². The van der Waals surface area contributed by atoms with Crippen LogP contribution in [0.2, 0.25) is 0 Å². The zero-order valence-electron chi connectivity index (χ0n) is 11.6. The van der Waals surface area contributed by atoms with Crippen LogP contribution in [0, 0.1) is 11.3 Å². The molecule has 0 N–H and O–H groups in total. The van der Waals surface area contributed by atoms with Gasteiger partial charge in [-0.05, 0) is 0 Å². The van der Waals surface area contributed by atoms with Crippen molar-refractivity contribution in [3.05, 3.63) is 41.0 Å². The van der Waals surface area contributed by atoms with Crippen LogP contribution in [0.5, 0.6) is 0 Å². The number of aromatic nitrogens is 3. The lowest BCUT2D eigenvalue weighted by atomic mass is 9.98. The Kier molecular flexibility index (Phi) is 2.84. The van der Waals surface area contributed by atoms with Gasteiger partial charge in [-0.15, -0.1) is 0 Å². The van der Waals surface area contributed by atoms with Gasteiger partial charge < -0.3 is 0 Å². The van der Waals surface area contributed by atoms with Crippen molar-refractivity contribution < 1.29 is 0 Å². The Labute approximate surface area is 121 Å². The molecule has 0 atom stereocenters. The minimum absolute atomic E-state index is 0.0367. The van der Waals surface area contributed by atoms with Crippen LogP contribution in [0.15, 0.2) is 30.3 Å².